The summed E-state index contributed by atoms with van der Waals surface area (Å²) in [6, 6.07) is 0. The van der Waals surface area contributed by atoms with Crippen LogP contribution in [-0.4, -0.2) is 43.3 Å². The Morgan fingerprint density at radius 3 is 2.67 bits per heavy atom. The number of carbonyl (C=O) groups is 1. The van der Waals surface area contributed by atoms with Crippen LogP contribution >= 0.6 is 0 Å². The van der Waals surface area contributed by atoms with Crippen molar-refractivity contribution in [2.24, 2.45) is 5.92 Å². The Morgan fingerprint density at radius 2 is 2.20 bits per heavy atom. The van der Waals surface area contributed by atoms with E-state index in [-0.39, 0.29) is 6.09 Å². The first-order valence-electron chi connectivity index (χ1n) is 5.52. The van der Waals surface area contributed by atoms with Crippen molar-refractivity contribution in [3.05, 3.63) is 0 Å². The average Bonchev–Trinajstić information content (AvgIpc) is 2.45. The molecule has 1 saturated heterocycles. The zero-order chi connectivity index (χ0) is 11.5. The lowest BCUT2D eigenvalue weighted by Gasteiger charge is -2.20. The molecule has 0 aromatic heterocycles. The highest BCUT2D eigenvalue weighted by molar-refractivity contribution is 5.67. The van der Waals surface area contributed by atoms with Crippen LogP contribution in [0.5, 0.6) is 0 Å². The number of alkyl carbamates (subject to hydrolysis) is 1. The molecule has 1 aliphatic rings. The van der Waals surface area contributed by atoms with Crippen molar-refractivity contribution in [3.8, 4) is 0 Å². The second-order valence-electron chi connectivity index (χ2n) is 5.30. The molecule has 1 N–H and O–H groups in total. The average molecular weight is 214 g/mol. The maximum Gasteiger partial charge on any atom is 0.407 e. The second kappa shape index (κ2) is 4.84. The molecule has 1 aliphatic heterocycles. The van der Waals surface area contributed by atoms with Crippen LogP contribution in [-0.2, 0) is 4.74 Å². The summed E-state index contributed by atoms with van der Waals surface area (Å²) in [5.41, 5.74) is -0.406. The number of rotatable bonds is 2. The van der Waals surface area contributed by atoms with Crippen molar-refractivity contribution >= 4 is 6.09 Å². The van der Waals surface area contributed by atoms with E-state index < -0.39 is 5.60 Å². The molecule has 0 aromatic rings. The highest BCUT2D eigenvalue weighted by atomic mass is 16.6. The quantitative estimate of drug-likeness (QED) is 0.756. The Bertz CT molecular complexity index is 223. The molecule has 88 valence electrons. The largest absolute Gasteiger partial charge is 0.444 e. The van der Waals surface area contributed by atoms with E-state index in [2.05, 4.69) is 17.3 Å². The van der Waals surface area contributed by atoms with Gasteiger partial charge < -0.3 is 15.0 Å². The van der Waals surface area contributed by atoms with E-state index in [9.17, 15) is 4.79 Å². The third-order valence-corrected chi connectivity index (χ3v) is 2.42. The van der Waals surface area contributed by atoms with Gasteiger partial charge in [0.2, 0.25) is 0 Å². The maximum atomic E-state index is 11.3. The van der Waals surface area contributed by atoms with Gasteiger partial charge in [-0.1, -0.05) is 0 Å². The van der Waals surface area contributed by atoms with Crippen molar-refractivity contribution in [2.75, 3.05) is 26.7 Å². The zero-order valence-corrected chi connectivity index (χ0v) is 10.2. The molecule has 0 radical (unpaired) electrons. The van der Waals surface area contributed by atoms with Crippen LogP contribution in [0, 0.1) is 5.92 Å². The molecule has 1 atom stereocenters. The summed E-state index contributed by atoms with van der Waals surface area (Å²) in [7, 11) is 2.10. The molecule has 0 spiro atoms. The number of amides is 1. The number of likely N-dealkylation sites (tertiary alicyclic amines) is 1. The number of nitrogens with zero attached hydrogens (tertiary/aromatic N) is 1. The summed E-state index contributed by atoms with van der Waals surface area (Å²) in [4.78, 5) is 13.6. The number of hydrogen-bond donors (Lipinski definition) is 1. The molecular formula is C11H22N2O2. The number of nitrogens with one attached hydrogen (secondary N) is 1. The highest BCUT2D eigenvalue weighted by Crippen LogP contribution is 2.13. The van der Waals surface area contributed by atoms with Crippen molar-refractivity contribution in [1.29, 1.82) is 0 Å². The standard InChI is InChI=1S/C11H22N2O2/c1-11(2,3)15-10(14)12-7-9-5-6-13(4)8-9/h9H,5-8H2,1-4H3,(H,12,14)/t9-/m1/s1. The lowest BCUT2D eigenvalue weighted by Crippen LogP contribution is -2.35. The molecule has 4 nitrogen and oxygen atoms in total. The fourth-order valence-electron chi connectivity index (χ4n) is 1.73. The predicted octanol–water partition coefficient (Wildman–Crippen LogP) is 1.46. The SMILES string of the molecule is CN1CC[C@H](CNC(=O)OC(C)(C)C)C1. The predicted molar refractivity (Wildman–Crippen MR) is 59.8 cm³/mol. The molecule has 1 amide bonds. The number of ether oxygens (including phenoxy) is 1. The van der Waals surface area contributed by atoms with Crippen LogP contribution in [0.1, 0.15) is 27.2 Å². The molecule has 4 heteroatoms. The van der Waals surface area contributed by atoms with Gasteiger partial charge in [0, 0.05) is 13.1 Å². The van der Waals surface area contributed by atoms with Crippen LogP contribution in [0.25, 0.3) is 0 Å². The van der Waals surface area contributed by atoms with E-state index in [1.165, 1.54) is 0 Å². The Kier molecular flexibility index (Phi) is 3.97. The minimum absolute atomic E-state index is 0.308. The molecule has 0 aromatic carbocycles. The minimum atomic E-state index is -0.406. The lowest BCUT2D eigenvalue weighted by molar-refractivity contribution is 0.0520. The van der Waals surface area contributed by atoms with E-state index >= 15 is 0 Å². The fraction of sp³-hybridized carbons (Fsp3) is 0.909. The summed E-state index contributed by atoms with van der Waals surface area (Å²) < 4.78 is 5.16. The van der Waals surface area contributed by atoms with Crippen molar-refractivity contribution in [1.82, 2.24) is 10.2 Å². The van der Waals surface area contributed by atoms with Gasteiger partial charge in [0.05, 0.1) is 0 Å². The molecule has 1 rings (SSSR count). The van der Waals surface area contributed by atoms with Crippen LogP contribution in [0.15, 0.2) is 0 Å². The van der Waals surface area contributed by atoms with Gasteiger partial charge in [0.1, 0.15) is 5.60 Å². The van der Waals surface area contributed by atoms with Gasteiger partial charge in [-0.3, -0.25) is 0 Å². The molecule has 1 fully saturated rings. The van der Waals surface area contributed by atoms with Gasteiger partial charge in [-0.05, 0) is 46.7 Å². The molecule has 0 bridgehead atoms. The number of hydrogen-bond acceptors (Lipinski definition) is 3. The summed E-state index contributed by atoms with van der Waals surface area (Å²) >= 11 is 0. The van der Waals surface area contributed by atoms with Crippen LogP contribution in [0.4, 0.5) is 4.79 Å². The summed E-state index contributed by atoms with van der Waals surface area (Å²) in [6.07, 6.45) is 0.851. The van der Waals surface area contributed by atoms with E-state index in [4.69, 9.17) is 4.74 Å². The van der Waals surface area contributed by atoms with Gasteiger partial charge in [0.15, 0.2) is 0 Å². The van der Waals surface area contributed by atoms with E-state index in [0.29, 0.717) is 5.92 Å². The van der Waals surface area contributed by atoms with Crippen molar-refractivity contribution in [2.45, 2.75) is 32.8 Å². The smallest absolute Gasteiger partial charge is 0.407 e. The first-order chi connectivity index (χ1) is 6.87. The Hall–Kier alpha value is -0.770. The van der Waals surface area contributed by atoms with Crippen molar-refractivity contribution in [3.63, 3.8) is 0 Å². The minimum Gasteiger partial charge on any atom is -0.444 e. The normalized spacial score (nSPS) is 22.8. The molecule has 1 heterocycles. The summed E-state index contributed by atoms with van der Waals surface area (Å²) in [6.45, 7) is 8.53. The van der Waals surface area contributed by atoms with Crippen LogP contribution < -0.4 is 5.32 Å². The topological polar surface area (TPSA) is 41.6 Å². The van der Waals surface area contributed by atoms with Gasteiger partial charge >= 0.3 is 6.09 Å². The summed E-state index contributed by atoms with van der Waals surface area (Å²) in [5, 5.41) is 2.81. The highest BCUT2D eigenvalue weighted by Gasteiger charge is 2.21. The first-order valence-corrected chi connectivity index (χ1v) is 5.52. The fourth-order valence-corrected chi connectivity index (χ4v) is 1.73. The third-order valence-electron chi connectivity index (χ3n) is 2.42. The van der Waals surface area contributed by atoms with E-state index in [1.54, 1.807) is 0 Å². The van der Waals surface area contributed by atoms with Gasteiger partial charge in [-0.25, -0.2) is 4.79 Å². The first kappa shape index (κ1) is 12.3. The monoisotopic (exact) mass is 214 g/mol. The van der Waals surface area contributed by atoms with Gasteiger partial charge in [-0.2, -0.15) is 0 Å². The Morgan fingerprint density at radius 1 is 1.53 bits per heavy atom. The van der Waals surface area contributed by atoms with E-state index in [1.807, 2.05) is 20.8 Å². The molecular weight excluding hydrogens is 192 g/mol. The van der Waals surface area contributed by atoms with Crippen LogP contribution in [0.3, 0.4) is 0 Å². The van der Waals surface area contributed by atoms with Gasteiger partial charge in [-0.15, -0.1) is 0 Å². The maximum absolute atomic E-state index is 11.3. The van der Waals surface area contributed by atoms with Crippen molar-refractivity contribution < 1.29 is 9.53 Å². The molecule has 0 unspecified atom stereocenters. The Balaban J connectivity index is 2.17. The zero-order valence-electron chi connectivity index (χ0n) is 10.2. The lowest BCUT2D eigenvalue weighted by atomic mass is 10.1. The molecule has 15 heavy (non-hydrogen) atoms. The van der Waals surface area contributed by atoms with Gasteiger partial charge in [0.25, 0.3) is 0 Å². The van der Waals surface area contributed by atoms with Crippen LogP contribution in [0.2, 0.25) is 0 Å². The summed E-state index contributed by atoms with van der Waals surface area (Å²) in [5.74, 6) is 0.572. The third kappa shape index (κ3) is 5.02. The Labute approximate surface area is 92.0 Å². The second-order valence-corrected chi connectivity index (χ2v) is 5.30. The molecule has 0 saturated carbocycles. The molecule has 0 aliphatic carbocycles. The number of carbonyl (C=O) groups excluding carboxylic acids is 1. The van der Waals surface area contributed by atoms with E-state index in [0.717, 1.165) is 26.1 Å².